The highest BCUT2D eigenvalue weighted by Crippen LogP contribution is 2.12. The van der Waals surface area contributed by atoms with Crippen molar-refractivity contribution in [2.24, 2.45) is 5.84 Å². The maximum absolute atomic E-state index is 11.9. The van der Waals surface area contributed by atoms with Crippen LogP contribution >= 0.6 is 0 Å². The Kier molecular flexibility index (Phi) is 3.93. The van der Waals surface area contributed by atoms with E-state index in [1.54, 1.807) is 30.6 Å². The van der Waals surface area contributed by atoms with Gasteiger partial charge in [0.05, 0.1) is 11.3 Å². The molecule has 6 heteroatoms. The van der Waals surface area contributed by atoms with E-state index in [0.717, 1.165) is 5.82 Å². The van der Waals surface area contributed by atoms with Gasteiger partial charge in [0.15, 0.2) is 0 Å². The second-order valence-electron chi connectivity index (χ2n) is 3.73. The van der Waals surface area contributed by atoms with Gasteiger partial charge in [-0.25, -0.2) is 4.98 Å². The molecule has 6 nitrogen and oxygen atoms in total. The normalized spacial score (nSPS) is 10.1. The number of hydrazine groups is 1. The Labute approximate surface area is 105 Å². The number of benzene rings is 1. The van der Waals surface area contributed by atoms with Gasteiger partial charge in [-0.2, -0.15) is 0 Å². The van der Waals surface area contributed by atoms with E-state index in [1.165, 1.54) is 0 Å². The molecule has 1 heterocycles. The van der Waals surface area contributed by atoms with Crippen molar-refractivity contribution in [1.29, 1.82) is 0 Å². The van der Waals surface area contributed by atoms with Crippen molar-refractivity contribution in [2.75, 3.05) is 12.0 Å². The van der Waals surface area contributed by atoms with E-state index in [2.05, 4.69) is 20.7 Å². The number of carbonyl (C=O) groups is 1. The molecule has 0 fully saturated rings. The molecular formula is C12H15N5O. The van der Waals surface area contributed by atoms with Gasteiger partial charge in [-0.15, -0.1) is 0 Å². The third-order valence-corrected chi connectivity index (χ3v) is 2.53. The summed E-state index contributed by atoms with van der Waals surface area (Å²) in [6.07, 6.45) is 4.10. The Balaban J connectivity index is 1.91. The number of nitrogens with zero attached hydrogens (tertiary/aromatic N) is 1. The maximum atomic E-state index is 11.9. The second kappa shape index (κ2) is 5.83. The van der Waals surface area contributed by atoms with Crippen molar-refractivity contribution in [3.05, 3.63) is 48.0 Å². The Morgan fingerprint density at radius 2 is 2.22 bits per heavy atom. The Morgan fingerprint density at radius 3 is 2.94 bits per heavy atom. The molecule has 0 saturated heterocycles. The van der Waals surface area contributed by atoms with Crippen molar-refractivity contribution in [2.45, 2.75) is 6.42 Å². The van der Waals surface area contributed by atoms with E-state index < -0.39 is 0 Å². The van der Waals surface area contributed by atoms with Crippen LogP contribution in [0.1, 0.15) is 16.2 Å². The highest BCUT2D eigenvalue weighted by Gasteiger charge is 2.09. The van der Waals surface area contributed by atoms with Gasteiger partial charge >= 0.3 is 0 Å². The van der Waals surface area contributed by atoms with Gasteiger partial charge in [-0.3, -0.25) is 10.6 Å². The summed E-state index contributed by atoms with van der Waals surface area (Å²) < 4.78 is 0. The Bertz CT molecular complexity index is 509. The first-order chi connectivity index (χ1) is 8.81. The molecule has 1 amide bonds. The van der Waals surface area contributed by atoms with Crippen molar-refractivity contribution in [3.63, 3.8) is 0 Å². The number of carbonyl (C=O) groups excluding carboxylic acids is 1. The zero-order chi connectivity index (χ0) is 12.8. The molecule has 5 N–H and O–H groups in total. The lowest BCUT2D eigenvalue weighted by atomic mass is 10.1. The van der Waals surface area contributed by atoms with Gasteiger partial charge < -0.3 is 15.7 Å². The van der Waals surface area contributed by atoms with Crippen molar-refractivity contribution in [3.8, 4) is 0 Å². The lowest BCUT2D eigenvalue weighted by Gasteiger charge is -2.08. The molecule has 94 valence electrons. The number of H-pyrrole nitrogens is 1. The summed E-state index contributed by atoms with van der Waals surface area (Å²) in [5.74, 6) is 6.04. The number of hydrogen-bond donors (Lipinski definition) is 4. The van der Waals surface area contributed by atoms with Crippen LogP contribution in [0.4, 0.5) is 5.69 Å². The summed E-state index contributed by atoms with van der Waals surface area (Å²) >= 11 is 0. The van der Waals surface area contributed by atoms with Gasteiger partial charge in [0, 0.05) is 25.4 Å². The van der Waals surface area contributed by atoms with Crippen LogP contribution in [0, 0.1) is 0 Å². The molecule has 0 atom stereocenters. The van der Waals surface area contributed by atoms with Gasteiger partial charge in [-0.1, -0.05) is 12.1 Å². The summed E-state index contributed by atoms with van der Waals surface area (Å²) in [7, 11) is 0. The van der Waals surface area contributed by atoms with Gasteiger partial charge in [0.25, 0.3) is 5.91 Å². The molecule has 0 unspecified atom stereocenters. The fraction of sp³-hybridized carbons (Fsp3) is 0.167. The van der Waals surface area contributed by atoms with Crippen LogP contribution in [-0.4, -0.2) is 22.4 Å². The van der Waals surface area contributed by atoms with Gasteiger partial charge in [0.1, 0.15) is 5.82 Å². The van der Waals surface area contributed by atoms with Gasteiger partial charge in [-0.05, 0) is 12.1 Å². The SMILES string of the molecule is NNc1ccccc1C(=O)NCCc1ncc[nH]1. The van der Waals surface area contributed by atoms with E-state index in [9.17, 15) is 4.79 Å². The average molecular weight is 245 g/mol. The number of amides is 1. The standard InChI is InChI=1S/C12H15N5O/c13-17-10-4-2-1-3-9(10)12(18)16-6-5-11-14-7-8-15-11/h1-4,7-8,17H,5-6,13H2,(H,14,15)(H,16,18). The lowest BCUT2D eigenvalue weighted by Crippen LogP contribution is -2.27. The van der Waals surface area contributed by atoms with Crippen LogP contribution in [0.2, 0.25) is 0 Å². The quantitative estimate of drug-likeness (QED) is 0.460. The summed E-state index contributed by atoms with van der Waals surface area (Å²) in [6, 6.07) is 7.08. The third kappa shape index (κ3) is 2.86. The summed E-state index contributed by atoms with van der Waals surface area (Å²) in [5.41, 5.74) is 3.63. The number of para-hydroxylation sites is 1. The molecule has 0 aliphatic heterocycles. The van der Waals surface area contributed by atoms with Crippen molar-refractivity contribution >= 4 is 11.6 Å². The fourth-order valence-corrected chi connectivity index (χ4v) is 1.63. The predicted molar refractivity (Wildman–Crippen MR) is 68.9 cm³/mol. The highest BCUT2D eigenvalue weighted by atomic mass is 16.1. The van der Waals surface area contributed by atoms with Crippen LogP contribution in [0.25, 0.3) is 0 Å². The number of nitrogens with one attached hydrogen (secondary N) is 3. The molecule has 0 saturated carbocycles. The monoisotopic (exact) mass is 245 g/mol. The van der Waals surface area contributed by atoms with E-state index in [4.69, 9.17) is 5.84 Å². The molecule has 0 spiro atoms. The number of hydrogen-bond acceptors (Lipinski definition) is 4. The first-order valence-electron chi connectivity index (χ1n) is 5.63. The van der Waals surface area contributed by atoms with E-state index in [1.807, 2.05) is 6.07 Å². The topological polar surface area (TPSA) is 95.8 Å². The molecule has 2 rings (SSSR count). The summed E-state index contributed by atoms with van der Waals surface area (Å²) in [4.78, 5) is 19.0. The minimum Gasteiger partial charge on any atom is -0.352 e. The fourth-order valence-electron chi connectivity index (χ4n) is 1.63. The Morgan fingerprint density at radius 1 is 1.39 bits per heavy atom. The molecule has 1 aromatic heterocycles. The maximum Gasteiger partial charge on any atom is 0.253 e. The summed E-state index contributed by atoms with van der Waals surface area (Å²) in [6.45, 7) is 0.519. The minimum atomic E-state index is -0.157. The molecule has 0 bridgehead atoms. The van der Waals surface area contributed by atoms with Crippen LogP contribution in [0.5, 0.6) is 0 Å². The molecule has 0 aliphatic rings. The zero-order valence-corrected chi connectivity index (χ0v) is 9.81. The Hall–Kier alpha value is -2.34. The van der Waals surface area contributed by atoms with Crippen molar-refractivity contribution in [1.82, 2.24) is 15.3 Å². The largest absolute Gasteiger partial charge is 0.352 e. The van der Waals surface area contributed by atoms with Gasteiger partial charge in [0.2, 0.25) is 0 Å². The number of aromatic amines is 1. The zero-order valence-electron chi connectivity index (χ0n) is 9.81. The number of rotatable bonds is 5. The molecular weight excluding hydrogens is 230 g/mol. The molecule has 2 aromatic rings. The van der Waals surface area contributed by atoms with Crippen LogP contribution < -0.4 is 16.6 Å². The molecule has 1 aromatic carbocycles. The molecule has 0 radical (unpaired) electrons. The number of anilines is 1. The first kappa shape index (κ1) is 12.1. The van der Waals surface area contributed by atoms with E-state index in [0.29, 0.717) is 24.2 Å². The van der Waals surface area contributed by atoms with E-state index in [-0.39, 0.29) is 5.91 Å². The lowest BCUT2D eigenvalue weighted by molar-refractivity contribution is 0.0955. The number of aromatic nitrogens is 2. The van der Waals surface area contributed by atoms with Crippen molar-refractivity contribution < 1.29 is 4.79 Å². The number of nitrogen functional groups attached to an aromatic ring is 1. The second-order valence-corrected chi connectivity index (χ2v) is 3.73. The number of imidazole rings is 1. The van der Waals surface area contributed by atoms with Crippen LogP contribution in [0.15, 0.2) is 36.7 Å². The average Bonchev–Trinajstić information content (AvgIpc) is 2.91. The predicted octanol–water partition coefficient (Wildman–Crippen LogP) is 0.668. The molecule has 0 aliphatic carbocycles. The summed E-state index contributed by atoms with van der Waals surface area (Å²) in [5, 5.41) is 2.82. The van der Waals surface area contributed by atoms with Crippen LogP contribution in [0.3, 0.4) is 0 Å². The smallest absolute Gasteiger partial charge is 0.253 e. The minimum absolute atomic E-state index is 0.157. The first-order valence-corrected chi connectivity index (χ1v) is 5.63. The highest BCUT2D eigenvalue weighted by molar-refractivity contribution is 5.99. The van der Waals surface area contributed by atoms with E-state index >= 15 is 0 Å². The van der Waals surface area contributed by atoms with Crippen LogP contribution in [-0.2, 0) is 6.42 Å². The third-order valence-electron chi connectivity index (χ3n) is 2.53. The molecule has 18 heavy (non-hydrogen) atoms. The number of nitrogens with two attached hydrogens (primary N) is 1.